The van der Waals surface area contributed by atoms with Crippen LogP contribution in [-0.4, -0.2) is 15.2 Å². The fourth-order valence-electron chi connectivity index (χ4n) is 2.35. The van der Waals surface area contributed by atoms with Gasteiger partial charge in [0.25, 0.3) is 0 Å². The molecule has 0 saturated carbocycles. The lowest BCUT2D eigenvalue weighted by Gasteiger charge is -1.99. The molecule has 23 heavy (non-hydrogen) atoms. The molecule has 0 radical (unpaired) electrons. The summed E-state index contributed by atoms with van der Waals surface area (Å²) in [6.45, 7) is 6.38. The van der Waals surface area contributed by atoms with Crippen molar-refractivity contribution >= 4 is 0 Å². The van der Waals surface area contributed by atoms with Crippen molar-refractivity contribution < 1.29 is 4.39 Å². The molecule has 0 spiro atoms. The summed E-state index contributed by atoms with van der Waals surface area (Å²) in [7, 11) is 0. The molecule has 1 aromatic heterocycles. The molecule has 2 aromatic rings. The van der Waals surface area contributed by atoms with Crippen LogP contribution in [0.25, 0.3) is 11.4 Å². The number of aryl methyl sites for hydroxylation is 1. The molecule has 0 fully saturated rings. The minimum absolute atomic E-state index is 0.281. The van der Waals surface area contributed by atoms with Gasteiger partial charge in [-0.1, -0.05) is 71.3 Å². The Hall–Kier alpha value is -1.71. The Morgan fingerprint density at radius 2 is 1.57 bits per heavy atom. The molecule has 128 valence electrons. The van der Waals surface area contributed by atoms with Crippen molar-refractivity contribution in [3.8, 4) is 11.4 Å². The number of H-pyrrole nitrogens is 1. The molecule has 2 rings (SSSR count). The van der Waals surface area contributed by atoms with Gasteiger partial charge in [-0.05, 0) is 24.6 Å². The van der Waals surface area contributed by atoms with Gasteiger partial charge in [0.2, 0.25) is 0 Å². The van der Waals surface area contributed by atoms with E-state index in [-0.39, 0.29) is 5.82 Å². The number of aromatic nitrogens is 3. The molecule has 0 amide bonds. The lowest BCUT2D eigenvalue weighted by atomic mass is 10.1. The highest BCUT2D eigenvalue weighted by atomic mass is 19.1. The summed E-state index contributed by atoms with van der Waals surface area (Å²) in [6, 6.07) is 4.99. The van der Waals surface area contributed by atoms with Crippen molar-refractivity contribution in [3.63, 3.8) is 0 Å². The minimum Gasteiger partial charge on any atom is -0.259 e. The van der Waals surface area contributed by atoms with Gasteiger partial charge in [-0.3, -0.25) is 5.10 Å². The van der Waals surface area contributed by atoms with E-state index in [4.69, 9.17) is 0 Å². The SMILES string of the molecule is CCCCCCCCCC.Cc1ccc(-c2ncn[nH]2)c(F)c1. The quantitative estimate of drug-likeness (QED) is 0.600. The summed E-state index contributed by atoms with van der Waals surface area (Å²) in [4.78, 5) is 3.87. The van der Waals surface area contributed by atoms with E-state index in [1.54, 1.807) is 6.07 Å². The van der Waals surface area contributed by atoms with Crippen molar-refractivity contribution in [1.29, 1.82) is 0 Å². The zero-order chi connectivity index (χ0) is 16.9. The summed E-state index contributed by atoms with van der Waals surface area (Å²) in [5.41, 5.74) is 1.34. The van der Waals surface area contributed by atoms with Gasteiger partial charge in [0.1, 0.15) is 12.1 Å². The van der Waals surface area contributed by atoms with Gasteiger partial charge in [-0.15, -0.1) is 0 Å². The fourth-order valence-corrected chi connectivity index (χ4v) is 2.35. The van der Waals surface area contributed by atoms with Crippen LogP contribution in [0.1, 0.15) is 70.8 Å². The van der Waals surface area contributed by atoms with Crippen molar-refractivity contribution in [2.24, 2.45) is 0 Å². The number of benzene rings is 1. The molecule has 0 unspecified atom stereocenters. The topological polar surface area (TPSA) is 41.6 Å². The third-order valence-electron chi connectivity index (χ3n) is 3.75. The van der Waals surface area contributed by atoms with Gasteiger partial charge in [0.15, 0.2) is 5.82 Å². The summed E-state index contributed by atoms with van der Waals surface area (Å²) < 4.78 is 13.3. The van der Waals surface area contributed by atoms with Crippen LogP contribution >= 0.6 is 0 Å². The molecule has 3 nitrogen and oxygen atoms in total. The predicted molar refractivity (Wildman–Crippen MR) is 94.8 cm³/mol. The molecular formula is C19H30FN3. The van der Waals surface area contributed by atoms with Crippen molar-refractivity contribution in [1.82, 2.24) is 15.2 Å². The third-order valence-corrected chi connectivity index (χ3v) is 3.75. The highest BCUT2D eigenvalue weighted by Gasteiger charge is 2.06. The molecule has 0 aliphatic carbocycles. The Balaban J connectivity index is 0.000000241. The molecule has 0 aliphatic rings. The van der Waals surface area contributed by atoms with Gasteiger partial charge >= 0.3 is 0 Å². The minimum atomic E-state index is -0.281. The summed E-state index contributed by atoms with van der Waals surface area (Å²) in [5.74, 6) is 0.175. The predicted octanol–water partition coefficient (Wildman–Crippen LogP) is 6.07. The number of aromatic amines is 1. The second-order valence-corrected chi connectivity index (χ2v) is 5.94. The van der Waals surface area contributed by atoms with Crippen molar-refractivity contribution in [3.05, 3.63) is 35.9 Å². The molecule has 1 N–H and O–H groups in total. The number of halogens is 1. The second-order valence-electron chi connectivity index (χ2n) is 5.94. The van der Waals surface area contributed by atoms with E-state index < -0.39 is 0 Å². The molecule has 0 aliphatic heterocycles. The van der Waals surface area contributed by atoms with E-state index in [2.05, 4.69) is 29.0 Å². The third kappa shape index (κ3) is 7.91. The molecule has 1 heterocycles. The Labute approximate surface area is 139 Å². The highest BCUT2D eigenvalue weighted by molar-refractivity contribution is 5.55. The van der Waals surface area contributed by atoms with Crippen LogP contribution < -0.4 is 0 Å². The van der Waals surface area contributed by atoms with E-state index in [1.165, 1.54) is 63.8 Å². The maximum absolute atomic E-state index is 13.3. The van der Waals surface area contributed by atoms with E-state index in [0.717, 1.165) is 5.56 Å². The largest absolute Gasteiger partial charge is 0.259 e. The first-order valence-electron chi connectivity index (χ1n) is 8.80. The average molecular weight is 319 g/mol. The monoisotopic (exact) mass is 319 g/mol. The van der Waals surface area contributed by atoms with Gasteiger partial charge in [0.05, 0.1) is 5.56 Å². The van der Waals surface area contributed by atoms with Gasteiger partial charge < -0.3 is 0 Å². The van der Waals surface area contributed by atoms with Gasteiger partial charge in [-0.2, -0.15) is 5.10 Å². The van der Waals surface area contributed by atoms with Crippen LogP contribution in [0.15, 0.2) is 24.5 Å². The Morgan fingerprint density at radius 1 is 0.957 bits per heavy atom. The Morgan fingerprint density at radius 3 is 2.04 bits per heavy atom. The molecular weight excluding hydrogens is 289 g/mol. The maximum atomic E-state index is 13.3. The number of nitrogens with zero attached hydrogens (tertiary/aromatic N) is 2. The number of unbranched alkanes of at least 4 members (excludes halogenated alkanes) is 7. The molecule has 0 bridgehead atoms. The Bertz CT molecular complexity index is 515. The maximum Gasteiger partial charge on any atom is 0.158 e. The summed E-state index contributed by atoms with van der Waals surface area (Å²) in [6.07, 6.45) is 12.8. The van der Waals surface area contributed by atoms with Crippen LogP contribution in [0.4, 0.5) is 4.39 Å². The zero-order valence-electron chi connectivity index (χ0n) is 14.7. The van der Waals surface area contributed by atoms with Crippen LogP contribution in [0.3, 0.4) is 0 Å². The average Bonchev–Trinajstić information content (AvgIpc) is 3.06. The molecule has 1 aromatic carbocycles. The summed E-state index contributed by atoms with van der Waals surface area (Å²) >= 11 is 0. The van der Waals surface area contributed by atoms with Crippen molar-refractivity contribution in [2.45, 2.75) is 72.1 Å². The molecule has 0 saturated heterocycles. The lowest BCUT2D eigenvalue weighted by molar-refractivity contribution is 0.585. The number of hydrogen-bond acceptors (Lipinski definition) is 2. The van der Waals surface area contributed by atoms with Crippen LogP contribution in [0.5, 0.6) is 0 Å². The van der Waals surface area contributed by atoms with Gasteiger partial charge in [0, 0.05) is 0 Å². The van der Waals surface area contributed by atoms with E-state index in [1.807, 2.05) is 13.0 Å². The van der Waals surface area contributed by atoms with Crippen LogP contribution in [0.2, 0.25) is 0 Å². The first-order valence-corrected chi connectivity index (χ1v) is 8.80. The normalized spacial score (nSPS) is 10.3. The van der Waals surface area contributed by atoms with Crippen LogP contribution in [0, 0.1) is 12.7 Å². The first-order chi connectivity index (χ1) is 11.2. The number of nitrogens with one attached hydrogen (secondary N) is 1. The van der Waals surface area contributed by atoms with Crippen LogP contribution in [-0.2, 0) is 0 Å². The number of rotatable bonds is 8. The molecule has 0 atom stereocenters. The van der Waals surface area contributed by atoms with E-state index in [0.29, 0.717) is 11.4 Å². The lowest BCUT2D eigenvalue weighted by Crippen LogP contribution is -1.87. The smallest absolute Gasteiger partial charge is 0.158 e. The molecule has 4 heteroatoms. The summed E-state index contributed by atoms with van der Waals surface area (Å²) in [5, 5.41) is 6.27. The van der Waals surface area contributed by atoms with Crippen molar-refractivity contribution in [2.75, 3.05) is 0 Å². The van der Waals surface area contributed by atoms with Gasteiger partial charge in [-0.25, -0.2) is 9.37 Å². The standard InChI is InChI=1S/C10H22.C9H8FN3/c1-3-5-7-9-10-8-6-4-2;1-6-2-3-7(8(10)4-6)9-11-5-12-13-9/h3-10H2,1-2H3;2-5H,1H3,(H,11,12,13). The van der Waals surface area contributed by atoms with E-state index in [9.17, 15) is 4.39 Å². The number of hydrogen-bond donors (Lipinski definition) is 1. The highest BCUT2D eigenvalue weighted by Crippen LogP contribution is 2.18. The Kier molecular flexibility index (Phi) is 9.92. The first kappa shape index (κ1) is 19.3. The second kappa shape index (κ2) is 11.8. The fraction of sp³-hybridized carbons (Fsp3) is 0.579. The van der Waals surface area contributed by atoms with E-state index >= 15 is 0 Å². The zero-order valence-corrected chi connectivity index (χ0v) is 14.7.